The van der Waals surface area contributed by atoms with Gasteiger partial charge in [0.2, 0.25) is 0 Å². The predicted octanol–water partition coefficient (Wildman–Crippen LogP) is 2.60. The Balaban J connectivity index is 2.80. The zero-order valence-corrected chi connectivity index (χ0v) is 8.74. The van der Waals surface area contributed by atoms with Crippen LogP contribution in [0.15, 0.2) is 18.2 Å². The summed E-state index contributed by atoms with van der Waals surface area (Å²) >= 11 is 0. The number of rotatable bonds is 5. The molecule has 0 aromatic heterocycles. The Morgan fingerprint density at radius 2 is 1.94 bits per heavy atom. The molecule has 1 unspecified atom stereocenters. The largest absolute Gasteiger partial charge is 0.479 e. The SMILES string of the molecule is CCCC(Oc1cc(F)cc(F)c1)C(=O)O. The molecule has 3 nitrogen and oxygen atoms in total. The summed E-state index contributed by atoms with van der Waals surface area (Å²) in [6, 6.07) is 2.60. The Labute approximate surface area is 91.7 Å². The molecule has 0 aliphatic heterocycles. The zero-order chi connectivity index (χ0) is 12.1. The molecule has 0 saturated heterocycles. The van der Waals surface area contributed by atoms with Crippen molar-refractivity contribution in [1.82, 2.24) is 0 Å². The average Bonchev–Trinajstić information content (AvgIpc) is 2.15. The summed E-state index contributed by atoms with van der Waals surface area (Å²) in [5.74, 6) is -2.85. The van der Waals surface area contributed by atoms with E-state index in [4.69, 9.17) is 9.84 Å². The molecule has 0 aliphatic rings. The second kappa shape index (κ2) is 5.44. The van der Waals surface area contributed by atoms with Gasteiger partial charge in [0.15, 0.2) is 6.10 Å². The summed E-state index contributed by atoms with van der Waals surface area (Å²) in [6.45, 7) is 1.80. The second-order valence-corrected chi connectivity index (χ2v) is 3.34. The molecule has 0 fully saturated rings. The Hall–Kier alpha value is -1.65. The van der Waals surface area contributed by atoms with E-state index < -0.39 is 23.7 Å². The van der Waals surface area contributed by atoms with Gasteiger partial charge in [0.1, 0.15) is 17.4 Å². The smallest absolute Gasteiger partial charge is 0.344 e. The molecule has 0 radical (unpaired) electrons. The van der Waals surface area contributed by atoms with Crippen molar-refractivity contribution in [3.8, 4) is 5.75 Å². The van der Waals surface area contributed by atoms with Crippen LogP contribution in [0.2, 0.25) is 0 Å². The molecule has 1 N–H and O–H groups in total. The lowest BCUT2D eigenvalue weighted by Gasteiger charge is -2.14. The third-order valence-corrected chi connectivity index (χ3v) is 1.94. The Bertz CT molecular complexity index is 359. The van der Waals surface area contributed by atoms with Gasteiger partial charge in [-0.25, -0.2) is 13.6 Å². The maximum absolute atomic E-state index is 12.8. The van der Waals surface area contributed by atoms with Crippen LogP contribution in [0.4, 0.5) is 8.78 Å². The fourth-order valence-electron chi connectivity index (χ4n) is 1.26. The van der Waals surface area contributed by atoms with Crippen molar-refractivity contribution in [3.05, 3.63) is 29.8 Å². The predicted molar refractivity (Wildman–Crippen MR) is 53.3 cm³/mol. The van der Waals surface area contributed by atoms with E-state index in [0.29, 0.717) is 12.5 Å². The molecule has 1 aromatic carbocycles. The van der Waals surface area contributed by atoms with Crippen molar-refractivity contribution in [2.45, 2.75) is 25.9 Å². The quantitative estimate of drug-likeness (QED) is 0.845. The number of benzene rings is 1. The number of carbonyl (C=O) groups is 1. The molecule has 0 saturated carbocycles. The monoisotopic (exact) mass is 230 g/mol. The third kappa shape index (κ3) is 3.49. The summed E-state index contributed by atoms with van der Waals surface area (Å²) < 4.78 is 30.6. The van der Waals surface area contributed by atoms with E-state index in [1.54, 1.807) is 6.92 Å². The van der Waals surface area contributed by atoms with E-state index in [2.05, 4.69) is 0 Å². The minimum atomic E-state index is -1.15. The van der Waals surface area contributed by atoms with Crippen LogP contribution in [-0.2, 0) is 4.79 Å². The normalized spacial score (nSPS) is 12.2. The first-order chi connectivity index (χ1) is 7.52. The maximum Gasteiger partial charge on any atom is 0.344 e. The van der Waals surface area contributed by atoms with Crippen molar-refractivity contribution >= 4 is 5.97 Å². The molecular formula is C11H12F2O3. The highest BCUT2D eigenvalue weighted by Gasteiger charge is 2.18. The molecule has 1 atom stereocenters. The van der Waals surface area contributed by atoms with Gasteiger partial charge >= 0.3 is 5.97 Å². The van der Waals surface area contributed by atoms with E-state index >= 15 is 0 Å². The lowest BCUT2D eigenvalue weighted by molar-refractivity contribution is -0.145. The molecule has 1 rings (SSSR count). The van der Waals surface area contributed by atoms with Gasteiger partial charge in [-0.05, 0) is 6.42 Å². The Kier molecular flexibility index (Phi) is 4.22. The first kappa shape index (κ1) is 12.4. The van der Waals surface area contributed by atoms with Crippen LogP contribution in [0, 0.1) is 11.6 Å². The minimum Gasteiger partial charge on any atom is -0.479 e. The summed E-state index contributed by atoms with van der Waals surface area (Å²) in [6.07, 6.45) is -0.186. The molecule has 0 aliphatic carbocycles. The van der Waals surface area contributed by atoms with E-state index in [0.717, 1.165) is 12.1 Å². The molecule has 0 bridgehead atoms. The van der Waals surface area contributed by atoms with Crippen molar-refractivity contribution in [1.29, 1.82) is 0 Å². The fourth-order valence-corrected chi connectivity index (χ4v) is 1.26. The van der Waals surface area contributed by atoms with Crippen LogP contribution in [0.5, 0.6) is 5.75 Å². The molecule has 0 amide bonds. The minimum absolute atomic E-state index is 0.113. The van der Waals surface area contributed by atoms with E-state index in [-0.39, 0.29) is 12.2 Å². The van der Waals surface area contributed by atoms with Gasteiger partial charge in [-0.15, -0.1) is 0 Å². The van der Waals surface area contributed by atoms with Crippen LogP contribution < -0.4 is 4.74 Å². The van der Waals surface area contributed by atoms with Gasteiger partial charge in [-0.2, -0.15) is 0 Å². The van der Waals surface area contributed by atoms with Gasteiger partial charge < -0.3 is 9.84 Å². The average molecular weight is 230 g/mol. The number of halogens is 2. The van der Waals surface area contributed by atoms with E-state index in [1.807, 2.05) is 0 Å². The molecular weight excluding hydrogens is 218 g/mol. The number of hydrogen-bond donors (Lipinski definition) is 1. The van der Waals surface area contributed by atoms with Crippen LogP contribution in [0.3, 0.4) is 0 Å². The molecule has 5 heteroatoms. The Morgan fingerprint density at radius 3 is 2.38 bits per heavy atom. The standard InChI is InChI=1S/C11H12F2O3/c1-2-3-10(11(14)15)16-9-5-7(12)4-8(13)6-9/h4-6,10H,2-3H2,1H3,(H,14,15). The number of carboxylic acids is 1. The van der Waals surface area contributed by atoms with E-state index in [1.165, 1.54) is 0 Å². The number of hydrogen-bond acceptors (Lipinski definition) is 2. The molecule has 0 spiro atoms. The van der Waals surface area contributed by atoms with Crippen LogP contribution in [0.25, 0.3) is 0 Å². The van der Waals surface area contributed by atoms with Crippen molar-refractivity contribution in [2.24, 2.45) is 0 Å². The van der Waals surface area contributed by atoms with Crippen molar-refractivity contribution in [2.75, 3.05) is 0 Å². The van der Waals surface area contributed by atoms with Gasteiger partial charge in [0.25, 0.3) is 0 Å². The zero-order valence-electron chi connectivity index (χ0n) is 8.74. The lowest BCUT2D eigenvalue weighted by Crippen LogP contribution is -2.26. The van der Waals surface area contributed by atoms with Crippen LogP contribution in [-0.4, -0.2) is 17.2 Å². The van der Waals surface area contributed by atoms with E-state index in [9.17, 15) is 13.6 Å². The molecule has 16 heavy (non-hydrogen) atoms. The summed E-state index contributed by atoms with van der Waals surface area (Å²) in [5.41, 5.74) is 0. The number of ether oxygens (including phenoxy) is 1. The fraction of sp³-hybridized carbons (Fsp3) is 0.364. The Morgan fingerprint density at radius 1 is 1.38 bits per heavy atom. The molecule has 1 aromatic rings. The highest BCUT2D eigenvalue weighted by molar-refractivity contribution is 5.72. The van der Waals surface area contributed by atoms with Gasteiger partial charge in [0.05, 0.1) is 0 Å². The number of aliphatic carboxylic acids is 1. The molecule has 0 heterocycles. The lowest BCUT2D eigenvalue weighted by atomic mass is 10.2. The topological polar surface area (TPSA) is 46.5 Å². The first-order valence-electron chi connectivity index (χ1n) is 4.88. The highest BCUT2D eigenvalue weighted by atomic mass is 19.1. The second-order valence-electron chi connectivity index (χ2n) is 3.34. The van der Waals surface area contributed by atoms with Gasteiger partial charge in [-0.3, -0.25) is 0 Å². The van der Waals surface area contributed by atoms with Crippen molar-refractivity contribution in [3.63, 3.8) is 0 Å². The maximum atomic E-state index is 12.8. The van der Waals surface area contributed by atoms with Crippen molar-refractivity contribution < 1.29 is 23.4 Å². The summed E-state index contributed by atoms with van der Waals surface area (Å²) in [7, 11) is 0. The summed E-state index contributed by atoms with van der Waals surface area (Å²) in [5, 5.41) is 8.79. The van der Waals surface area contributed by atoms with Crippen LogP contribution >= 0.6 is 0 Å². The highest BCUT2D eigenvalue weighted by Crippen LogP contribution is 2.18. The number of carboxylic acid groups (broad SMARTS) is 1. The van der Waals surface area contributed by atoms with Gasteiger partial charge in [-0.1, -0.05) is 13.3 Å². The first-order valence-corrected chi connectivity index (χ1v) is 4.88. The van der Waals surface area contributed by atoms with Crippen LogP contribution in [0.1, 0.15) is 19.8 Å². The third-order valence-electron chi connectivity index (χ3n) is 1.94. The van der Waals surface area contributed by atoms with Gasteiger partial charge in [0, 0.05) is 18.2 Å². The molecule has 88 valence electrons. The summed E-state index contributed by atoms with van der Waals surface area (Å²) in [4.78, 5) is 10.8.